The van der Waals surface area contributed by atoms with Crippen molar-refractivity contribution in [2.45, 2.75) is 41.0 Å². The Morgan fingerprint density at radius 3 is 0.798 bits per heavy atom. The summed E-state index contributed by atoms with van der Waals surface area (Å²) < 4.78 is 23.0. The molecule has 6 aromatic heterocycles. The smallest absolute Gasteiger partial charge is 0.512 e. The van der Waals surface area contributed by atoms with E-state index in [2.05, 4.69) is 134 Å². The van der Waals surface area contributed by atoms with Crippen LogP contribution in [0.15, 0.2) is 376 Å². The number of carbonyl (C=O) groups excluding carboxylic acids is 5. The summed E-state index contributed by atoms with van der Waals surface area (Å²) in [4.78, 5) is 89.6. The molecule has 0 unspecified atom stereocenters. The minimum atomic E-state index is -0.987. The fourth-order valence-electron chi connectivity index (χ4n) is 9.63. The Hall–Kier alpha value is -13.8. The predicted octanol–water partition coefficient (Wildman–Crippen LogP) is 20.4. The van der Waals surface area contributed by atoms with Crippen LogP contribution in [0, 0.1) is 36.4 Å². The zero-order chi connectivity index (χ0) is 87.0. The number of aliphatic hydroxyl groups excluding tert-OH is 2. The molecule has 8 aromatic carbocycles. The summed E-state index contributed by atoms with van der Waals surface area (Å²) in [6, 6.07) is 110. The predicted molar refractivity (Wildman–Crippen MR) is 470 cm³/mol. The van der Waals surface area contributed by atoms with E-state index in [0.717, 1.165) is 79.7 Å². The number of benzene rings is 8. The molecule has 0 aliphatic heterocycles. The van der Waals surface area contributed by atoms with E-state index >= 15 is 0 Å². The van der Waals surface area contributed by atoms with Gasteiger partial charge < -0.3 is 68.9 Å². The molecule has 639 valence electrons. The number of allylic oxidation sites excluding steroid dienone is 2. The van der Waals surface area contributed by atoms with E-state index in [4.69, 9.17) is 15.3 Å². The molecule has 0 fully saturated rings. The number of hydrogen-bond acceptors (Lipinski definition) is 19. The molecule has 20 nitrogen and oxygen atoms in total. The van der Waals surface area contributed by atoms with Crippen LogP contribution in [0.3, 0.4) is 0 Å². The van der Waals surface area contributed by atoms with Gasteiger partial charge in [-0.25, -0.2) is 24.0 Å². The van der Waals surface area contributed by atoms with Crippen LogP contribution in [0.4, 0.5) is 0 Å². The molecule has 6 heterocycles. The molecular weight excluding hydrogens is 2010 g/mol. The number of ether oxygens (including phenoxy) is 5. The molecule has 0 bridgehead atoms. The molecule has 0 aliphatic carbocycles. The topological polar surface area (TPSA) is 287 Å². The largest absolute Gasteiger partial charge is 2.00 e. The molecule has 3 N–H and O–H groups in total. The Labute approximate surface area is 763 Å². The minimum Gasteiger partial charge on any atom is -0.512 e. The molecule has 124 heavy (non-hydrogen) atoms. The van der Waals surface area contributed by atoms with Crippen molar-refractivity contribution in [1.82, 2.24) is 29.9 Å². The number of hydrogen-bond donors (Lipinski definition) is 3. The Kier molecular flexibility index (Phi) is 51.8. The number of rotatable bonds is 20. The van der Waals surface area contributed by atoms with Gasteiger partial charge in [-0.1, -0.05) is 117 Å². The molecule has 0 spiro atoms. The maximum Gasteiger partial charge on any atom is 2.00 e. The molecule has 0 saturated heterocycles. The third-order valence-corrected chi connectivity index (χ3v) is 15.2. The van der Waals surface area contributed by atoms with E-state index in [9.17, 15) is 28.8 Å². The van der Waals surface area contributed by atoms with Crippen LogP contribution in [0.5, 0.6) is 0 Å². The van der Waals surface area contributed by atoms with Gasteiger partial charge in [0.25, 0.3) is 0 Å². The number of nitrogens with zero attached hydrogens (tertiary/aromatic N) is 6. The van der Waals surface area contributed by atoms with Gasteiger partial charge in [0.05, 0.1) is 30.1 Å². The second-order valence-corrected chi connectivity index (χ2v) is 25.1. The van der Waals surface area contributed by atoms with Crippen LogP contribution < -0.4 is 0 Å². The van der Waals surface area contributed by atoms with Crippen molar-refractivity contribution >= 4 is 57.4 Å². The van der Waals surface area contributed by atoms with Crippen LogP contribution in [-0.2, 0) is 112 Å². The Balaban J connectivity index is 0.000000360. The zero-order valence-electron chi connectivity index (χ0n) is 68.6. The maximum atomic E-state index is 10.9. The Morgan fingerprint density at radius 2 is 0.556 bits per heavy atom. The van der Waals surface area contributed by atoms with Crippen LogP contribution >= 0.6 is 0 Å². The van der Waals surface area contributed by atoms with Crippen molar-refractivity contribution in [2.24, 2.45) is 0 Å². The summed E-state index contributed by atoms with van der Waals surface area (Å²) in [5.41, 5.74) is 13.0. The fourth-order valence-corrected chi connectivity index (χ4v) is 9.63. The molecule has 0 aliphatic rings. The number of fused-ring (bicyclic) bond motifs is 2. The van der Waals surface area contributed by atoms with Gasteiger partial charge in [0.2, 0.25) is 0 Å². The molecule has 14 rings (SSSR count). The molecule has 0 atom stereocenters. The normalized spacial score (nSPS) is 9.81. The van der Waals surface area contributed by atoms with Gasteiger partial charge in [-0.2, -0.15) is 0 Å². The third kappa shape index (κ3) is 41.9. The number of carbonyl (C=O) groups is 6. The summed E-state index contributed by atoms with van der Waals surface area (Å²) >= 11 is 0. The van der Waals surface area contributed by atoms with Crippen molar-refractivity contribution in [3.8, 4) is 67.5 Å². The molecule has 3 radical (unpaired) electrons. The monoisotopic (exact) mass is 2100 g/mol. The van der Waals surface area contributed by atoms with Gasteiger partial charge in [0.1, 0.15) is 33.0 Å². The van der Waals surface area contributed by atoms with Gasteiger partial charge in [0.15, 0.2) is 0 Å². The van der Waals surface area contributed by atoms with Crippen LogP contribution in [0.1, 0.15) is 41.0 Å². The molecule has 23 heteroatoms. The second-order valence-electron chi connectivity index (χ2n) is 25.1. The van der Waals surface area contributed by atoms with E-state index in [1.54, 1.807) is 24.8 Å². The van der Waals surface area contributed by atoms with E-state index in [0.29, 0.717) is 0 Å². The summed E-state index contributed by atoms with van der Waals surface area (Å²) in [7, 11) is 0. The summed E-state index contributed by atoms with van der Waals surface area (Å²) in [6.07, 6.45) is 12.5. The van der Waals surface area contributed by atoms with E-state index in [-0.39, 0.29) is 127 Å². The van der Waals surface area contributed by atoms with Crippen molar-refractivity contribution in [1.29, 1.82) is 0 Å². The maximum absolute atomic E-state index is 10.9. The fraction of sp³-hybridized carbons (Fsp3) is 0.109. The number of carboxylic acids is 1. The standard InChI is InChI=1S/2C15H10N.4C11H8N.2C10H14O5.C7H10O4.2Ir.Rh/c2*1-2-7-13(8-3-1)15-14-9-5-4-6-12(14)10-11-16-15;4*1-2-6-10(7-3-1)11-8-4-5-9-12-11;2*1-7(2)10(13)15-5-4-14-9(12)6-8(3)11;1-5(2)7(10)11-4-3-6(8)9;;;/h2*1-7,9-11H;4*1-6,8-9H;2*6,11H,1,4-5H2,2-3H3;1,3-4H2,2H3,(H,8,9);;;/q6*-1;;;;;;+2. The van der Waals surface area contributed by atoms with E-state index in [1.807, 2.05) is 267 Å². The number of pyridine rings is 6. The first-order valence-corrected chi connectivity index (χ1v) is 37.6. The van der Waals surface area contributed by atoms with Gasteiger partial charge >= 0.3 is 55.3 Å². The Bertz CT molecular complexity index is 4910. The average molecular weight is 2100 g/mol. The molecule has 14 aromatic rings. The quantitative estimate of drug-likeness (QED) is 0.0122. The van der Waals surface area contributed by atoms with Gasteiger partial charge in [-0.15, -0.1) is 215 Å². The number of aliphatic carboxylic acids is 1. The van der Waals surface area contributed by atoms with Crippen LogP contribution in [0.2, 0.25) is 0 Å². The first kappa shape index (κ1) is 104. The van der Waals surface area contributed by atoms with Crippen molar-refractivity contribution in [2.75, 3.05) is 33.0 Å². The number of aromatic nitrogens is 6. The molecule has 0 saturated carbocycles. The van der Waals surface area contributed by atoms with Crippen molar-refractivity contribution in [3.63, 3.8) is 0 Å². The Morgan fingerprint density at radius 1 is 0.306 bits per heavy atom. The molecular formula is C101H90Ir2N6O14Rh-4. The van der Waals surface area contributed by atoms with Gasteiger partial charge in [-0.05, 0) is 127 Å². The number of aliphatic hydroxyl groups is 2. The van der Waals surface area contributed by atoms with Crippen molar-refractivity contribution < 1.29 is 127 Å². The first-order chi connectivity index (χ1) is 58.7. The minimum absolute atomic E-state index is 0. The zero-order valence-corrected chi connectivity index (χ0v) is 75.0. The van der Waals surface area contributed by atoms with Crippen LogP contribution in [0.25, 0.3) is 89.1 Å². The van der Waals surface area contributed by atoms with E-state index in [1.165, 1.54) is 56.2 Å². The van der Waals surface area contributed by atoms with Gasteiger partial charge in [-0.3, -0.25) is 4.79 Å². The average Bonchev–Trinajstić information content (AvgIpc) is 0.812. The summed E-state index contributed by atoms with van der Waals surface area (Å²) in [5, 5.41) is 30.3. The van der Waals surface area contributed by atoms with Crippen LogP contribution in [-0.4, -0.2) is 114 Å². The SMILES string of the molecule is C=C(C)C(=O)OCCC(=O)O.C=C(C)C(=O)OCCOC(=O)C=C(C)O.C=C(C)C(=O)OCCOC(=O)C=C(C)O.[Ir].[Ir].[Rh+2].[c-]1ccccc1-c1ccccn1.[c-]1ccccc1-c1ccccn1.[c-]1ccccc1-c1ccccn1.[c-]1ccccc1-c1ccccn1.[c-]1ccccc1-c1nccc2ccccc12.[c-]1ccccc1-c1nccc2ccccc12. The first-order valence-electron chi connectivity index (χ1n) is 37.6. The summed E-state index contributed by atoms with van der Waals surface area (Å²) in [5.74, 6) is -4.23. The summed E-state index contributed by atoms with van der Waals surface area (Å²) in [6.45, 7) is 17.1. The van der Waals surface area contributed by atoms with E-state index < -0.39 is 35.8 Å². The molecule has 0 amide bonds. The third-order valence-electron chi connectivity index (χ3n) is 15.2. The number of carboxylic acid groups (broad SMARTS) is 1. The second kappa shape index (κ2) is 61.5. The van der Waals surface area contributed by atoms with Crippen molar-refractivity contribution in [3.05, 3.63) is 413 Å². The number of esters is 5. The van der Waals surface area contributed by atoms with Gasteiger partial charge in [0, 0.05) is 94.1 Å².